The third-order valence-corrected chi connectivity index (χ3v) is 1.67. The second-order valence-corrected chi connectivity index (χ2v) is 2.35. The van der Waals surface area contributed by atoms with Gasteiger partial charge in [-0.05, 0) is 0 Å². The molecular formula is C2H3NOTe. The molecule has 0 unspecified atom stereocenters. The van der Waals surface area contributed by atoms with Crippen molar-refractivity contribution in [3.8, 4) is 0 Å². The molecule has 0 radical (unpaired) electrons. The van der Waals surface area contributed by atoms with Crippen molar-refractivity contribution in [3.63, 3.8) is 0 Å². The average Bonchev–Trinajstić information content (AvgIpc) is 1.76. The molecule has 1 aliphatic heterocycles. The van der Waals surface area contributed by atoms with Gasteiger partial charge in [-0.3, -0.25) is 0 Å². The third-order valence-electron chi connectivity index (χ3n) is 0.313. The van der Waals surface area contributed by atoms with Crippen LogP contribution in [0.4, 0.5) is 0 Å². The molecule has 0 bridgehead atoms. The topological polar surface area (TPSA) is 21.6 Å². The molecule has 0 saturated carbocycles. The maximum absolute atomic E-state index is 4.85. The van der Waals surface area contributed by atoms with Gasteiger partial charge in [0, 0.05) is 0 Å². The number of nitrogens with zero attached hydrogens (tertiary/aromatic N) is 1. The molecule has 1 aliphatic rings. The zero-order chi connectivity index (χ0) is 3.54. The molecule has 28 valence electrons. The monoisotopic (exact) mass is 187 g/mol. The Morgan fingerprint density at radius 1 is 2.00 bits per heavy atom. The third kappa shape index (κ3) is 0.881. The number of hydrogen-bond acceptors (Lipinski definition) is 2. The molecule has 3 heteroatoms. The van der Waals surface area contributed by atoms with E-state index in [1.165, 1.54) is 0 Å². The normalized spacial score (nSPS) is 20.8. The van der Waals surface area contributed by atoms with Gasteiger partial charge in [-0.2, -0.15) is 0 Å². The molecule has 0 aromatic carbocycles. The van der Waals surface area contributed by atoms with Gasteiger partial charge in [0.2, 0.25) is 0 Å². The van der Waals surface area contributed by atoms with Gasteiger partial charge >= 0.3 is 40.8 Å². The van der Waals surface area contributed by atoms with Crippen LogP contribution in [0.3, 0.4) is 0 Å². The predicted molar refractivity (Wildman–Crippen MR) is 20.2 cm³/mol. The van der Waals surface area contributed by atoms with E-state index in [1.54, 1.807) is 0 Å². The van der Waals surface area contributed by atoms with E-state index in [-0.39, 0.29) is 21.6 Å². The Kier molecular flexibility index (Phi) is 1.27. The average molecular weight is 185 g/mol. The summed E-state index contributed by atoms with van der Waals surface area (Å²) in [7, 11) is 0. The van der Waals surface area contributed by atoms with Crippen LogP contribution in [0, 0.1) is 0 Å². The van der Waals surface area contributed by atoms with Gasteiger partial charge in [-0.15, -0.1) is 0 Å². The van der Waals surface area contributed by atoms with Gasteiger partial charge in [0.1, 0.15) is 0 Å². The Hall–Kier alpha value is 0.420. The van der Waals surface area contributed by atoms with Gasteiger partial charge in [0.05, 0.1) is 0 Å². The van der Waals surface area contributed by atoms with Gasteiger partial charge in [0.15, 0.2) is 0 Å². The van der Waals surface area contributed by atoms with Gasteiger partial charge < -0.3 is 0 Å². The van der Waals surface area contributed by atoms with Crippen molar-refractivity contribution in [2.45, 2.75) is 0 Å². The summed E-state index contributed by atoms with van der Waals surface area (Å²) in [6.07, 6.45) is 1.82. The molecule has 0 aromatic rings. The summed E-state index contributed by atoms with van der Waals surface area (Å²) in [6, 6.07) is 0. The molecule has 5 heavy (non-hydrogen) atoms. The summed E-state index contributed by atoms with van der Waals surface area (Å²) in [4.78, 5) is 0. The Balaban J connectivity index is 2.32. The molecular weight excluding hydrogens is 182 g/mol. The first-order chi connectivity index (χ1) is 2.50. The molecule has 1 rings (SSSR count). The summed E-state index contributed by atoms with van der Waals surface area (Å²) in [5, 5.41) is 0. The Morgan fingerprint density at radius 2 is 3.00 bits per heavy atom. The van der Waals surface area contributed by atoms with Crippen LogP contribution < -0.4 is 0 Å². The number of hydrogen-bond donors (Lipinski definition) is 0. The van der Waals surface area contributed by atoms with Crippen LogP contribution in [0.15, 0.2) is 3.24 Å². The van der Waals surface area contributed by atoms with Crippen molar-refractivity contribution < 1.29 is 3.10 Å². The standard InChI is InChI=1S/C2H3NOTe/c1-2-4-5-3-1/h1H,2H2. The van der Waals surface area contributed by atoms with Crippen LogP contribution in [0.2, 0.25) is 0 Å². The van der Waals surface area contributed by atoms with Crippen LogP contribution in [-0.4, -0.2) is 34.4 Å². The zero-order valence-corrected chi connectivity index (χ0v) is 4.88. The molecule has 0 amide bonds. The van der Waals surface area contributed by atoms with E-state index in [4.69, 9.17) is 3.10 Å². The zero-order valence-electron chi connectivity index (χ0n) is 2.55. The van der Waals surface area contributed by atoms with E-state index in [0.717, 1.165) is 6.61 Å². The molecule has 0 aromatic heterocycles. The van der Waals surface area contributed by atoms with Crippen LogP contribution in [0.1, 0.15) is 0 Å². The van der Waals surface area contributed by atoms with Gasteiger partial charge in [-0.25, -0.2) is 0 Å². The van der Waals surface area contributed by atoms with Crippen LogP contribution in [0.25, 0.3) is 0 Å². The molecule has 0 aliphatic carbocycles. The van der Waals surface area contributed by atoms with Crippen molar-refractivity contribution in [2.75, 3.05) is 6.61 Å². The fourth-order valence-corrected chi connectivity index (χ4v) is 1.02. The first-order valence-corrected chi connectivity index (χ1v) is 3.30. The first kappa shape index (κ1) is 3.60. The van der Waals surface area contributed by atoms with Crippen molar-refractivity contribution in [1.82, 2.24) is 0 Å². The predicted octanol–water partition coefficient (Wildman–Crippen LogP) is -0.378. The molecule has 0 saturated heterocycles. The Bertz CT molecular complexity index is 47.6. The summed E-state index contributed by atoms with van der Waals surface area (Å²) >= 11 is -0.326. The van der Waals surface area contributed by atoms with Crippen LogP contribution in [-0.2, 0) is 3.10 Å². The SMILES string of the molecule is C1=N[Te]OC1. The summed E-state index contributed by atoms with van der Waals surface area (Å²) in [6.45, 7) is 0.766. The van der Waals surface area contributed by atoms with Gasteiger partial charge in [0.25, 0.3) is 0 Å². The van der Waals surface area contributed by atoms with Crippen LogP contribution >= 0.6 is 0 Å². The molecule has 0 atom stereocenters. The Morgan fingerprint density at radius 3 is 3.20 bits per heavy atom. The van der Waals surface area contributed by atoms with E-state index < -0.39 is 0 Å². The van der Waals surface area contributed by atoms with Gasteiger partial charge in [-0.1, -0.05) is 0 Å². The van der Waals surface area contributed by atoms with E-state index in [0.29, 0.717) is 0 Å². The Labute approximate surface area is 41.2 Å². The fourth-order valence-electron chi connectivity index (χ4n) is 0.152. The molecule has 0 spiro atoms. The minimum absolute atomic E-state index is 0.326. The summed E-state index contributed by atoms with van der Waals surface area (Å²) in [5.74, 6) is 0. The molecule has 1 heterocycles. The minimum atomic E-state index is -0.326. The van der Waals surface area contributed by atoms with Crippen molar-refractivity contribution in [1.29, 1.82) is 0 Å². The van der Waals surface area contributed by atoms with Crippen molar-refractivity contribution in [2.24, 2.45) is 3.24 Å². The maximum atomic E-state index is 4.85. The second kappa shape index (κ2) is 1.76. The second-order valence-electron chi connectivity index (χ2n) is 0.647. The molecule has 0 N–H and O–H groups in total. The summed E-state index contributed by atoms with van der Waals surface area (Å²) < 4.78 is 8.72. The van der Waals surface area contributed by atoms with Crippen molar-refractivity contribution in [3.05, 3.63) is 0 Å². The van der Waals surface area contributed by atoms with E-state index in [2.05, 4.69) is 3.24 Å². The van der Waals surface area contributed by atoms with E-state index in [9.17, 15) is 0 Å². The fraction of sp³-hybridized carbons (Fsp3) is 0.500. The quantitative estimate of drug-likeness (QED) is 0.471. The van der Waals surface area contributed by atoms with E-state index in [1.807, 2.05) is 6.21 Å². The first-order valence-electron chi connectivity index (χ1n) is 1.30. The molecule has 2 nitrogen and oxygen atoms in total. The van der Waals surface area contributed by atoms with Crippen molar-refractivity contribution >= 4 is 27.8 Å². The summed E-state index contributed by atoms with van der Waals surface area (Å²) in [5.41, 5.74) is 0. The van der Waals surface area contributed by atoms with Crippen LogP contribution in [0.5, 0.6) is 0 Å². The number of rotatable bonds is 0. The van der Waals surface area contributed by atoms with E-state index >= 15 is 0 Å². The molecule has 0 fully saturated rings.